The second-order valence-corrected chi connectivity index (χ2v) is 8.16. The minimum Gasteiger partial charge on any atom is -0.351 e. The van der Waals surface area contributed by atoms with E-state index in [-0.39, 0.29) is 18.2 Å². The summed E-state index contributed by atoms with van der Waals surface area (Å²) in [5, 5.41) is 8.07. The maximum absolute atomic E-state index is 12.4. The lowest BCUT2D eigenvalue weighted by Gasteiger charge is -2.09. The Balaban J connectivity index is 1.56. The molecule has 1 aromatic heterocycles. The van der Waals surface area contributed by atoms with Crippen molar-refractivity contribution >= 4 is 56.4 Å². The van der Waals surface area contributed by atoms with Gasteiger partial charge in [-0.25, -0.2) is 0 Å². The summed E-state index contributed by atoms with van der Waals surface area (Å²) < 4.78 is 0.779. The summed E-state index contributed by atoms with van der Waals surface area (Å²) in [7, 11) is 0. The summed E-state index contributed by atoms with van der Waals surface area (Å²) in [6.45, 7) is 0.540. The zero-order valence-electron chi connectivity index (χ0n) is 14.2. The molecule has 0 aliphatic rings. The predicted molar refractivity (Wildman–Crippen MR) is 113 cm³/mol. The topological polar surface area (TPSA) is 58.2 Å². The van der Waals surface area contributed by atoms with Gasteiger partial charge < -0.3 is 10.6 Å². The fourth-order valence-corrected chi connectivity index (χ4v) is 3.63. The molecule has 7 heteroatoms. The monoisotopic (exact) mass is 462 g/mol. The van der Waals surface area contributed by atoms with Crippen molar-refractivity contribution in [3.8, 4) is 0 Å². The largest absolute Gasteiger partial charge is 0.351 e. The molecule has 138 valence electrons. The van der Waals surface area contributed by atoms with Crippen molar-refractivity contribution in [3.05, 3.63) is 85.5 Å². The number of carbonyl (C=O) groups is 2. The summed E-state index contributed by atoms with van der Waals surface area (Å²) in [6, 6.07) is 16.2. The minimum absolute atomic E-state index is 0.0406. The Morgan fingerprint density at radius 2 is 1.85 bits per heavy atom. The molecule has 27 heavy (non-hydrogen) atoms. The molecular formula is C20H16BrClN2O2S. The van der Waals surface area contributed by atoms with E-state index in [4.69, 9.17) is 11.6 Å². The smallest absolute Gasteiger partial charge is 0.257 e. The highest BCUT2D eigenvalue weighted by atomic mass is 79.9. The summed E-state index contributed by atoms with van der Waals surface area (Å²) >= 11 is 11.0. The fraction of sp³-hybridized carbons (Fsp3) is 0.100. The molecule has 0 saturated heterocycles. The van der Waals surface area contributed by atoms with E-state index in [9.17, 15) is 9.59 Å². The second kappa shape index (κ2) is 9.17. The van der Waals surface area contributed by atoms with E-state index >= 15 is 0 Å². The van der Waals surface area contributed by atoms with Crippen LogP contribution < -0.4 is 10.6 Å². The Kier molecular flexibility index (Phi) is 6.66. The second-order valence-electron chi connectivity index (χ2n) is 5.81. The van der Waals surface area contributed by atoms with Crippen LogP contribution in [0, 0.1) is 0 Å². The number of amides is 2. The van der Waals surface area contributed by atoms with Crippen LogP contribution in [0.4, 0.5) is 5.69 Å². The first-order chi connectivity index (χ1) is 13.0. The van der Waals surface area contributed by atoms with E-state index in [1.165, 1.54) is 0 Å². The third kappa shape index (κ3) is 5.66. The summed E-state index contributed by atoms with van der Waals surface area (Å²) in [4.78, 5) is 25.5. The molecule has 0 aliphatic carbocycles. The molecule has 0 fully saturated rings. The Morgan fingerprint density at radius 1 is 1.07 bits per heavy atom. The third-order valence-electron chi connectivity index (χ3n) is 3.79. The molecule has 2 amide bonds. The van der Waals surface area contributed by atoms with Gasteiger partial charge in [0.2, 0.25) is 5.91 Å². The van der Waals surface area contributed by atoms with Crippen LogP contribution in [-0.2, 0) is 17.8 Å². The van der Waals surface area contributed by atoms with Gasteiger partial charge in [-0.3, -0.25) is 9.59 Å². The number of hydrogen-bond donors (Lipinski definition) is 2. The van der Waals surface area contributed by atoms with Gasteiger partial charge in [-0.1, -0.05) is 45.7 Å². The van der Waals surface area contributed by atoms with Gasteiger partial charge in [-0.2, -0.15) is 0 Å². The van der Waals surface area contributed by atoms with Gasteiger partial charge in [0.15, 0.2) is 0 Å². The maximum atomic E-state index is 12.4. The zero-order valence-corrected chi connectivity index (χ0v) is 17.3. The molecule has 1 heterocycles. The van der Waals surface area contributed by atoms with E-state index in [0.717, 1.165) is 14.9 Å². The number of carbonyl (C=O) groups excluding carboxylic acids is 2. The molecule has 0 atom stereocenters. The number of anilines is 1. The molecule has 0 spiro atoms. The lowest BCUT2D eigenvalue weighted by atomic mass is 10.1. The first-order valence-electron chi connectivity index (χ1n) is 8.15. The Bertz CT molecular complexity index is 943. The molecule has 3 aromatic rings. The van der Waals surface area contributed by atoms with Gasteiger partial charge in [0.05, 0.1) is 23.6 Å². The van der Waals surface area contributed by atoms with E-state index < -0.39 is 0 Å². The third-order valence-corrected chi connectivity index (χ3v) is 5.49. The standard InChI is InChI=1S/C20H16BrClN2O2S/c21-14-5-8-18(22)17(11-14)20(26)24-15-6-3-13(4-7-15)10-19(25)23-12-16-2-1-9-27-16/h1-9,11H,10,12H2,(H,23,25)(H,24,26). The summed E-state index contributed by atoms with van der Waals surface area (Å²) in [6.07, 6.45) is 0.289. The highest BCUT2D eigenvalue weighted by molar-refractivity contribution is 9.10. The molecule has 0 saturated carbocycles. The first kappa shape index (κ1) is 19.6. The van der Waals surface area contributed by atoms with Crippen LogP contribution >= 0.6 is 38.9 Å². The number of rotatable bonds is 6. The van der Waals surface area contributed by atoms with Crippen LogP contribution in [0.2, 0.25) is 5.02 Å². The van der Waals surface area contributed by atoms with E-state index in [1.54, 1.807) is 41.7 Å². The van der Waals surface area contributed by atoms with E-state index in [1.807, 2.05) is 29.6 Å². The summed E-state index contributed by atoms with van der Waals surface area (Å²) in [5.74, 6) is -0.330. The number of hydrogen-bond acceptors (Lipinski definition) is 3. The van der Waals surface area contributed by atoms with Gasteiger partial charge in [0.25, 0.3) is 5.91 Å². The molecule has 2 N–H and O–H groups in total. The zero-order chi connectivity index (χ0) is 19.2. The van der Waals surface area contributed by atoms with Crippen LogP contribution in [-0.4, -0.2) is 11.8 Å². The van der Waals surface area contributed by atoms with Crippen molar-refractivity contribution in [2.45, 2.75) is 13.0 Å². The summed E-state index contributed by atoms with van der Waals surface area (Å²) in [5.41, 5.74) is 1.90. The van der Waals surface area contributed by atoms with Crippen LogP contribution in [0.5, 0.6) is 0 Å². The Hall–Kier alpha value is -2.15. The highest BCUT2D eigenvalue weighted by Gasteiger charge is 2.11. The molecule has 2 aromatic carbocycles. The molecule has 0 radical (unpaired) electrons. The van der Waals surface area contributed by atoms with Gasteiger partial charge in [-0.05, 0) is 47.3 Å². The fourth-order valence-electron chi connectivity index (χ4n) is 2.42. The predicted octanol–water partition coefficient (Wildman–Crippen LogP) is 5.28. The Morgan fingerprint density at radius 3 is 2.56 bits per heavy atom. The van der Waals surface area contributed by atoms with Crippen molar-refractivity contribution in [2.75, 3.05) is 5.32 Å². The van der Waals surface area contributed by atoms with Gasteiger partial charge in [0.1, 0.15) is 0 Å². The SMILES string of the molecule is O=C(Cc1ccc(NC(=O)c2cc(Br)ccc2Cl)cc1)NCc1cccs1. The molecule has 4 nitrogen and oxygen atoms in total. The minimum atomic E-state index is -0.289. The van der Waals surface area contributed by atoms with Crippen LogP contribution in [0.15, 0.2) is 64.5 Å². The van der Waals surface area contributed by atoms with Crippen molar-refractivity contribution in [3.63, 3.8) is 0 Å². The highest BCUT2D eigenvalue weighted by Crippen LogP contribution is 2.22. The van der Waals surface area contributed by atoms with Crippen LogP contribution in [0.3, 0.4) is 0 Å². The lowest BCUT2D eigenvalue weighted by molar-refractivity contribution is -0.120. The van der Waals surface area contributed by atoms with E-state index in [2.05, 4.69) is 26.6 Å². The van der Waals surface area contributed by atoms with Crippen molar-refractivity contribution in [1.82, 2.24) is 5.32 Å². The molecule has 3 rings (SSSR count). The molecule has 0 aliphatic heterocycles. The van der Waals surface area contributed by atoms with Crippen LogP contribution in [0.1, 0.15) is 20.8 Å². The van der Waals surface area contributed by atoms with Gasteiger partial charge in [-0.15, -0.1) is 11.3 Å². The first-order valence-corrected chi connectivity index (χ1v) is 10.2. The van der Waals surface area contributed by atoms with Gasteiger partial charge >= 0.3 is 0 Å². The number of benzene rings is 2. The van der Waals surface area contributed by atoms with Crippen molar-refractivity contribution in [1.29, 1.82) is 0 Å². The number of nitrogens with one attached hydrogen (secondary N) is 2. The average Bonchev–Trinajstić information content (AvgIpc) is 3.17. The molecular weight excluding hydrogens is 448 g/mol. The maximum Gasteiger partial charge on any atom is 0.257 e. The molecule has 0 bridgehead atoms. The lowest BCUT2D eigenvalue weighted by Crippen LogP contribution is -2.24. The van der Waals surface area contributed by atoms with Crippen molar-refractivity contribution < 1.29 is 9.59 Å². The average molecular weight is 464 g/mol. The van der Waals surface area contributed by atoms with Gasteiger partial charge in [0, 0.05) is 15.0 Å². The van der Waals surface area contributed by atoms with E-state index in [0.29, 0.717) is 22.8 Å². The molecule has 0 unspecified atom stereocenters. The number of halogens is 2. The normalized spacial score (nSPS) is 10.4. The van der Waals surface area contributed by atoms with Crippen molar-refractivity contribution in [2.24, 2.45) is 0 Å². The van der Waals surface area contributed by atoms with Crippen LogP contribution in [0.25, 0.3) is 0 Å². The Labute approximate surface area is 174 Å². The quantitative estimate of drug-likeness (QED) is 0.523. The number of thiophene rings is 1.